The Balaban J connectivity index is 1.62. The Morgan fingerprint density at radius 2 is 2.05 bits per heavy atom. The Bertz CT molecular complexity index is 507. The average molecular weight is 271 g/mol. The molecule has 0 bridgehead atoms. The molecule has 0 atom stereocenters. The van der Waals surface area contributed by atoms with Crippen LogP contribution in [0.15, 0.2) is 30.6 Å². The van der Waals surface area contributed by atoms with Crippen molar-refractivity contribution in [3.05, 3.63) is 47.7 Å². The van der Waals surface area contributed by atoms with E-state index in [-0.39, 0.29) is 0 Å². The van der Waals surface area contributed by atoms with E-state index >= 15 is 0 Å². The quantitative estimate of drug-likeness (QED) is 0.755. The number of aryl methyl sites for hydroxylation is 2. The van der Waals surface area contributed by atoms with E-state index in [1.807, 2.05) is 32.2 Å². The van der Waals surface area contributed by atoms with Crippen molar-refractivity contribution >= 4 is 5.82 Å². The van der Waals surface area contributed by atoms with Gasteiger partial charge < -0.3 is 10.6 Å². The van der Waals surface area contributed by atoms with Crippen LogP contribution in [0.25, 0.3) is 0 Å². The topological polar surface area (TPSA) is 62.7 Å². The minimum atomic E-state index is 0.808. The van der Waals surface area contributed by atoms with Gasteiger partial charge in [0, 0.05) is 37.2 Å². The van der Waals surface area contributed by atoms with Gasteiger partial charge in [-0.1, -0.05) is 6.07 Å². The normalized spacial score (nSPS) is 10.5. The molecule has 0 aliphatic carbocycles. The summed E-state index contributed by atoms with van der Waals surface area (Å²) in [5, 5.41) is 6.72. The molecule has 2 rings (SSSR count). The van der Waals surface area contributed by atoms with Gasteiger partial charge >= 0.3 is 0 Å². The summed E-state index contributed by atoms with van der Waals surface area (Å²) >= 11 is 0. The van der Waals surface area contributed by atoms with Crippen molar-refractivity contribution in [2.75, 3.05) is 18.4 Å². The Hall–Kier alpha value is -2.01. The summed E-state index contributed by atoms with van der Waals surface area (Å²) in [6, 6.07) is 6.00. The molecule has 2 heterocycles. The number of hydrogen-bond donors (Lipinski definition) is 2. The predicted octanol–water partition coefficient (Wildman–Crippen LogP) is 2.08. The molecular formula is C15H21N5. The summed E-state index contributed by atoms with van der Waals surface area (Å²) in [7, 11) is 0. The lowest BCUT2D eigenvalue weighted by Gasteiger charge is -2.08. The molecule has 0 aromatic carbocycles. The Morgan fingerprint density at radius 1 is 1.15 bits per heavy atom. The van der Waals surface area contributed by atoms with E-state index in [2.05, 4.69) is 31.7 Å². The lowest BCUT2D eigenvalue weighted by Crippen LogP contribution is -2.18. The third kappa shape index (κ3) is 4.93. The molecule has 0 radical (unpaired) electrons. The van der Waals surface area contributed by atoms with Gasteiger partial charge in [-0.2, -0.15) is 0 Å². The van der Waals surface area contributed by atoms with Gasteiger partial charge in [0.05, 0.1) is 0 Å². The number of anilines is 1. The first-order chi connectivity index (χ1) is 9.74. The van der Waals surface area contributed by atoms with E-state index in [1.165, 1.54) is 5.56 Å². The second-order valence-electron chi connectivity index (χ2n) is 4.76. The second kappa shape index (κ2) is 7.55. The Labute approximate surface area is 119 Å². The molecule has 106 valence electrons. The van der Waals surface area contributed by atoms with Crippen molar-refractivity contribution in [1.29, 1.82) is 0 Å². The van der Waals surface area contributed by atoms with Crippen LogP contribution in [0.4, 0.5) is 5.82 Å². The van der Waals surface area contributed by atoms with Crippen LogP contribution < -0.4 is 10.6 Å². The smallest absolute Gasteiger partial charge is 0.129 e. The molecule has 0 amide bonds. The number of rotatable bonds is 7. The summed E-state index contributed by atoms with van der Waals surface area (Å²) in [6.07, 6.45) is 4.72. The van der Waals surface area contributed by atoms with Gasteiger partial charge in [0.2, 0.25) is 0 Å². The third-order valence-electron chi connectivity index (χ3n) is 2.85. The largest absolute Gasteiger partial charge is 0.370 e. The molecule has 2 aromatic rings. The minimum Gasteiger partial charge on any atom is -0.370 e. The van der Waals surface area contributed by atoms with Crippen LogP contribution in [-0.4, -0.2) is 28.0 Å². The molecule has 5 heteroatoms. The van der Waals surface area contributed by atoms with Crippen LogP contribution in [-0.2, 0) is 6.54 Å². The van der Waals surface area contributed by atoms with Crippen molar-refractivity contribution in [2.45, 2.75) is 26.8 Å². The maximum atomic E-state index is 4.35. The van der Waals surface area contributed by atoms with Gasteiger partial charge in [0.1, 0.15) is 11.6 Å². The summed E-state index contributed by atoms with van der Waals surface area (Å²) < 4.78 is 0. The molecule has 5 nitrogen and oxygen atoms in total. The number of hydrogen-bond acceptors (Lipinski definition) is 5. The van der Waals surface area contributed by atoms with Crippen LogP contribution in [0, 0.1) is 13.8 Å². The van der Waals surface area contributed by atoms with Crippen LogP contribution >= 0.6 is 0 Å². The van der Waals surface area contributed by atoms with E-state index in [1.54, 1.807) is 6.20 Å². The van der Waals surface area contributed by atoms with Crippen molar-refractivity contribution in [1.82, 2.24) is 20.3 Å². The summed E-state index contributed by atoms with van der Waals surface area (Å²) in [4.78, 5) is 12.7. The highest BCUT2D eigenvalue weighted by molar-refractivity contribution is 5.35. The zero-order valence-electron chi connectivity index (χ0n) is 12.1. The summed E-state index contributed by atoms with van der Waals surface area (Å²) in [5.74, 6) is 1.71. The number of nitrogens with zero attached hydrogens (tertiary/aromatic N) is 3. The SMILES string of the molecule is Cc1cc(NCCCNCc2cccnc2)nc(C)n1. The van der Waals surface area contributed by atoms with Crippen LogP contribution in [0.5, 0.6) is 0 Å². The first kappa shape index (κ1) is 14.4. The van der Waals surface area contributed by atoms with Gasteiger partial charge in [-0.3, -0.25) is 4.98 Å². The molecule has 2 N–H and O–H groups in total. The standard InChI is InChI=1S/C15H21N5/c1-12-9-15(20-13(2)19-12)18-8-4-7-17-11-14-5-3-6-16-10-14/h3,5-6,9-10,17H,4,7-8,11H2,1-2H3,(H,18,19,20). The minimum absolute atomic E-state index is 0.808. The lowest BCUT2D eigenvalue weighted by atomic mass is 10.3. The van der Waals surface area contributed by atoms with Crippen molar-refractivity contribution in [3.63, 3.8) is 0 Å². The fourth-order valence-corrected chi connectivity index (χ4v) is 1.97. The van der Waals surface area contributed by atoms with E-state index < -0.39 is 0 Å². The van der Waals surface area contributed by atoms with Gasteiger partial charge in [-0.15, -0.1) is 0 Å². The van der Waals surface area contributed by atoms with Crippen LogP contribution in [0.3, 0.4) is 0 Å². The zero-order valence-corrected chi connectivity index (χ0v) is 12.1. The highest BCUT2D eigenvalue weighted by Gasteiger charge is 1.97. The molecule has 0 saturated carbocycles. The first-order valence-corrected chi connectivity index (χ1v) is 6.90. The highest BCUT2D eigenvalue weighted by atomic mass is 15.0. The molecule has 0 fully saturated rings. The zero-order chi connectivity index (χ0) is 14.2. The van der Waals surface area contributed by atoms with Gasteiger partial charge in [-0.05, 0) is 38.4 Å². The molecule has 0 saturated heterocycles. The molecule has 0 aliphatic heterocycles. The van der Waals surface area contributed by atoms with E-state index in [0.29, 0.717) is 0 Å². The van der Waals surface area contributed by atoms with Crippen molar-refractivity contribution < 1.29 is 0 Å². The summed E-state index contributed by atoms with van der Waals surface area (Å²) in [6.45, 7) is 6.61. The summed E-state index contributed by atoms with van der Waals surface area (Å²) in [5.41, 5.74) is 2.21. The number of nitrogens with one attached hydrogen (secondary N) is 2. The Kier molecular flexibility index (Phi) is 5.43. The fraction of sp³-hybridized carbons (Fsp3) is 0.400. The van der Waals surface area contributed by atoms with Gasteiger partial charge in [0.15, 0.2) is 0 Å². The predicted molar refractivity (Wildman–Crippen MR) is 80.6 cm³/mol. The van der Waals surface area contributed by atoms with E-state index in [4.69, 9.17) is 0 Å². The molecule has 2 aromatic heterocycles. The maximum Gasteiger partial charge on any atom is 0.129 e. The molecule has 20 heavy (non-hydrogen) atoms. The van der Waals surface area contributed by atoms with Gasteiger partial charge in [0.25, 0.3) is 0 Å². The molecular weight excluding hydrogens is 250 g/mol. The maximum absolute atomic E-state index is 4.35. The van der Waals surface area contributed by atoms with Crippen molar-refractivity contribution in [3.8, 4) is 0 Å². The van der Waals surface area contributed by atoms with E-state index in [0.717, 1.165) is 43.4 Å². The molecule has 0 unspecified atom stereocenters. The average Bonchev–Trinajstić information content (AvgIpc) is 2.43. The lowest BCUT2D eigenvalue weighted by molar-refractivity contribution is 0.661. The highest BCUT2D eigenvalue weighted by Crippen LogP contribution is 2.05. The van der Waals surface area contributed by atoms with E-state index in [9.17, 15) is 0 Å². The molecule has 0 aliphatic rings. The first-order valence-electron chi connectivity index (χ1n) is 6.90. The number of pyridine rings is 1. The van der Waals surface area contributed by atoms with Gasteiger partial charge in [-0.25, -0.2) is 9.97 Å². The van der Waals surface area contributed by atoms with Crippen LogP contribution in [0.1, 0.15) is 23.5 Å². The van der Waals surface area contributed by atoms with Crippen LogP contribution in [0.2, 0.25) is 0 Å². The second-order valence-corrected chi connectivity index (χ2v) is 4.76. The Morgan fingerprint density at radius 3 is 2.80 bits per heavy atom. The van der Waals surface area contributed by atoms with Crippen molar-refractivity contribution in [2.24, 2.45) is 0 Å². The number of aromatic nitrogens is 3. The monoisotopic (exact) mass is 271 g/mol. The third-order valence-corrected chi connectivity index (χ3v) is 2.85. The molecule has 0 spiro atoms. The fourth-order valence-electron chi connectivity index (χ4n) is 1.97.